The number of aryl methyl sites for hydroxylation is 1. The van der Waals surface area contributed by atoms with E-state index in [1.807, 2.05) is 13.2 Å². The summed E-state index contributed by atoms with van der Waals surface area (Å²) in [7, 11) is 1.87. The maximum Gasteiger partial charge on any atom is 0.193 e. The van der Waals surface area contributed by atoms with Crippen LogP contribution in [0.5, 0.6) is 0 Å². The third kappa shape index (κ3) is 6.93. The van der Waals surface area contributed by atoms with Gasteiger partial charge in [0.15, 0.2) is 5.96 Å². The van der Waals surface area contributed by atoms with Crippen LogP contribution in [-0.4, -0.2) is 67.1 Å². The average molecular weight is 451 g/mol. The van der Waals surface area contributed by atoms with Gasteiger partial charge in [0.05, 0.1) is 5.01 Å². The average Bonchev–Trinajstić information content (AvgIpc) is 2.90. The lowest BCUT2D eigenvalue weighted by atomic mass is 10.2. The number of halogens is 1. The first-order chi connectivity index (χ1) is 10.6. The smallest absolute Gasteiger partial charge is 0.193 e. The van der Waals surface area contributed by atoms with E-state index >= 15 is 0 Å². The van der Waals surface area contributed by atoms with Crippen LogP contribution in [0.25, 0.3) is 0 Å². The van der Waals surface area contributed by atoms with Gasteiger partial charge in [-0.05, 0) is 12.8 Å². The molecule has 0 atom stereocenters. The lowest BCUT2D eigenvalue weighted by Gasteiger charge is -2.37. The molecule has 1 aromatic rings. The quantitative estimate of drug-likeness (QED) is 0.425. The summed E-state index contributed by atoms with van der Waals surface area (Å²) < 4.78 is 0. The number of nitrogens with one attached hydrogen (secondary N) is 1. The first kappa shape index (κ1) is 20.6. The number of piperazine rings is 1. The predicted molar refractivity (Wildman–Crippen MR) is 110 cm³/mol. The summed E-state index contributed by atoms with van der Waals surface area (Å²) in [5.41, 5.74) is 0. The van der Waals surface area contributed by atoms with Crippen LogP contribution in [0.3, 0.4) is 0 Å². The van der Waals surface area contributed by atoms with Crippen LogP contribution in [0.4, 0.5) is 0 Å². The van der Waals surface area contributed by atoms with Crippen LogP contribution >= 0.6 is 35.3 Å². The van der Waals surface area contributed by atoms with Gasteiger partial charge in [-0.15, -0.1) is 35.3 Å². The summed E-state index contributed by atoms with van der Waals surface area (Å²) >= 11 is 1.78. The van der Waals surface area contributed by atoms with E-state index in [-0.39, 0.29) is 24.0 Å². The van der Waals surface area contributed by atoms with Gasteiger partial charge in [-0.25, -0.2) is 4.98 Å². The van der Waals surface area contributed by atoms with Crippen molar-refractivity contribution in [1.29, 1.82) is 0 Å². The Morgan fingerprint density at radius 2 is 2.04 bits per heavy atom. The molecular weight excluding hydrogens is 421 g/mol. The van der Waals surface area contributed by atoms with Crippen LogP contribution in [-0.2, 0) is 6.42 Å². The van der Waals surface area contributed by atoms with Crippen LogP contribution in [0.2, 0.25) is 0 Å². The van der Waals surface area contributed by atoms with Crippen molar-refractivity contribution >= 4 is 41.3 Å². The molecule has 2 heterocycles. The first-order valence-electron chi connectivity index (χ1n) is 8.17. The molecule has 1 aliphatic rings. The summed E-state index contributed by atoms with van der Waals surface area (Å²) in [6.07, 6.45) is 2.91. The molecule has 0 unspecified atom stereocenters. The highest BCUT2D eigenvalue weighted by molar-refractivity contribution is 14.0. The van der Waals surface area contributed by atoms with E-state index in [1.54, 1.807) is 11.3 Å². The third-order valence-corrected chi connectivity index (χ3v) is 4.77. The zero-order chi connectivity index (χ0) is 15.9. The first-order valence-corrected chi connectivity index (χ1v) is 8.99. The molecule has 1 aliphatic heterocycles. The molecule has 1 saturated heterocycles. The van der Waals surface area contributed by atoms with Gasteiger partial charge in [0.25, 0.3) is 0 Å². The molecule has 132 valence electrons. The van der Waals surface area contributed by atoms with Crippen LogP contribution < -0.4 is 5.32 Å². The van der Waals surface area contributed by atoms with E-state index in [4.69, 9.17) is 0 Å². The van der Waals surface area contributed by atoms with Gasteiger partial charge in [-0.3, -0.25) is 9.89 Å². The maximum absolute atomic E-state index is 4.43. The van der Waals surface area contributed by atoms with Crippen molar-refractivity contribution in [3.63, 3.8) is 0 Å². The molecule has 23 heavy (non-hydrogen) atoms. The number of hydrogen-bond donors (Lipinski definition) is 1. The molecule has 0 aliphatic carbocycles. The molecule has 0 aromatic carbocycles. The number of guanidine groups is 1. The summed E-state index contributed by atoms with van der Waals surface area (Å²) in [4.78, 5) is 15.0. The van der Waals surface area contributed by atoms with Gasteiger partial charge in [-0.2, -0.15) is 0 Å². The summed E-state index contributed by atoms with van der Waals surface area (Å²) in [6, 6.07) is 0. The minimum Gasteiger partial charge on any atom is -0.356 e. The highest BCUT2D eigenvalue weighted by atomic mass is 127. The fourth-order valence-electron chi connectivity index (χ4n) is 2.79. The molecule has 0 spiro atoms. The maximum atomic E-state index is 4.43. The highest BCUT2D eigenvalue weighted by Gasteiger charge is 2.19. The molecule has 0 radical (unpaired) electrons. The largest absolute Gasteiger partial charge is 0.356 e. The summed E-state index contributed by atoms with van der Waals surface area (Å²) in [5, 5.41) is 4.67. The van der Waals surface area contributed by atoms with Crippen molar-refractivity contribution in [3.05, 3.63) is 16.1 Å². The molecule has 2 rings (SSSR count). The number of hydrogen-bond acceptors (Lipinski definition) is 4. The molecule has 0 bridgehead atoms. The number of rotatable bonds is 5. The van der Waals surface area contributed by atoms with Gasteiger partial charge < -0.3 is 10.2 Å². The van der Waals surface area contributed by atoms with E-state index in [9.17, 15) is 0 Å². The van der Waals surface area contributed by atoms with Crippen LogP contribution in [0.15, 0.2) is 11.2 Å². The van der Waals surface area contributed by atoms with E-state index in [0.29, 0.717) is 0 Å². The Hall–Kier alpha value is -0.410. The van der Waals surface area contributed by atoms with Crippen LogP contribution in [0, 0.1) is 12.8 Å². The van der Waals surface area contributed by atoms with Gasteiger partial charge in [-0.1, -0.05) is 13.8 Å². The van der Waals surface area contributed by atoms with Gasteiger partial charge in [0.1, 0.15) is 0 Å². The number of aromatic nitrogens is 1. The van der Waals surface area contributed by atoms with Gasteiger partial charge >= 0.3 is 0 Å². The summed E-state index contributed by atoms with van der Waals surface area (Å²) in [6.45, 7) is 13.1. The molecule has 1 fully saturated rings. The Balaban J connectivity index is 0.00000264. The molecule has 1 aromatic heterocycles. The predicted octanol–water partition coefficient (Wildman–Crippen LogP) is 2.46. The lowest BCUT2D eigenvalue weighted by Crippen LogP contribution is -2.53. The normalized spacial score (nSPS) is 16.6. The Morgan fingerprint density at radius 3 is 2.57 bits per heavy atom. The number of nitrogens with zero attached hydrogens (tertiary/aromatic N) is 4. The molecule has 7 heteroatoms. The Morgan fingerprint density at radius 1 is 1.35 bits per heavy atom. The minimum absolute atomic E-state index is 0. The molecule has 1 N–H and O–H groups in total. The van der Waals surface area contributed by atoms with E-state index < -0.39 is 0 Å². The van der Waals surface area contributed by atoms with Crippen molar-refractivity contribution in [2.45, 2.75) is 27.2 Å². The standard InChI is InChI=1S/C16H29N5S.HI/c1-13(2)12-20-7-9-21(10-8-20)16(17-4)18-6-5-15-19-11-14(3)22-15;/h11,13H,5-10,12H2,1-4H3,(H,17,18);1H. The monoisotopic (exact) mass is 451 g/mol. The minimum atomic E-state index is 0. The topological polar surface area (TPSA) is 43.8 Å². The third-order valence-electron chi connectivity index (χ3n) is 3.80. The van der Waals surface area contributed by atoms with Crippen molar-refractivity contribution in [3.8, 4) is 0 Å². The number of thiazole rings is 1. The van der Waals surface area contributed by atoms with Crippen molar-refractivity contribution in [1.82, 2.24) is 20.1 Å². The Labute approximate surface area is 161 Å². The second-order valence-electron chi connectivity index (χ2n) is 6.27. The Bertz CT molecular complexity index is 481. The summed E-state index contributed by atoms with van der Waals surface area (Å²) in [5.74, 6) is 1.77. The van der Waals surface area contributed by atoms with E-state index in [2.05, 4.69) is 45.9 Å². The van der Waals surface area contributed by atoms with Crippen LogP contribution in [0.1, 0.15) is 23.7 Å². The molecule has 5 nitrogen and oxygen atoms in total. The van der Waals surface area contributed by atoms with Gasteiger partial charge in [0, 0.05) is 63.8 Å². The second kappa shape index (κ2) is 10.5. The highest BCUT2D eigenvalue weighted by Crippen LogP contribution is 2.11. The SMILES string of the molecule is CN=C(NCCc1ncc(C)s1)N1CCN(CC(C)C)CC1.I. The number of aliphatic imine (C=N–C) groups is 1. The molecular formula is C16H30IN5S. The molecule has 0 saturated carbocycles. The van der Waals surface area contributed by atoms with Crippen molar-refractivity contribution < 1.29 is 0 Å². The van der Waals surface area contributed by atoms with Crippen molar-refractivity contribution in [2.75, 3.05) is 46.3 Å². The fraction of sp³-hybridized carbons (Fsp3) is 0.750. The second-order valence-corrected chi connectivity index (χ2v) is 7.59. The zero-order valence-corrected chi connectivity index (χ0v) is 17.9. The fourth-order valence-corrected chi connectivity index (χ4v) is 3.58. The lowest BCUT2D eigenvalue weighted by molar-refractivity contribution is 0.164. The van der Waals surface area contributed by atoms with E-state index in [0.717, 1.165) is 51.0 Å². The van der Waals surface area contributed by atoms with E-state index in [1.165, 1.54) is 16.4 Å². The molecule has 0 amide bonds. The zero-order valence-electron chi connectivity index (χ0n) is 14.7. The van der Waals surface area contributed by atoms with Gasteiger partial charge in [0.2, 0.25) is 0 Å². The Kier molecular flexibility index (Phi) is 9.38. The van der Waals surface area contributed by atoms with Crippen molar-refractivity contribution in [2.24, 2.45) is 10.9 Å².